The summed E-state index contributed by atoms with van der Waals surface area (Å²) in [6, 6.07) is 0. The number of likely N-dealkylation sites (tertiary alicyclic amines) is 1. The molecule has 0 saturated carbocycles. The van der Waals surface area contributed by atoms with Crippen LogP contribution in [0.5, 0.6) is 0 Å². The minimum atomic E-state index is 0.803. The summed E-state index contributed by atoms with van der Waals surface area (Å²) in [6.07, 6.45) is 3.97. The molecule has 2 heteroatoms. The van der Waals surface area contributed by atoms with Crippen LogP contribution in [0.2, 0.25) is 0 Å². The summed E-state index contributed by atoms with van der Waals surface area (Å²) in [5, 5.41) is 0. The number of hydrogen-bond acceptors (Lipinski definition) is 2. The van der Waals surface area contributed by atoms with Crippen LogP contribution < -0.4 is 0 Å². The topological polar surface area (TPSA) is 15.6 Å². The number of hydrogen-bond donors (Lipinski definition) is 0. The van der Waals surface area contributed by atoms with Crippen molar-refractivity contribution in [3.63, 3.8) is 0 Å². The molecule has 1 atom stereocenters. The zero-order chi connectivity index (χ0) is 8.10. The highest BCUT2D eigenvalue weighted by molar-refractivity contribution is 5.23. The second-order valence-corrected chi connectivity index (χ2v) is 3.51. The van der Waals surface area contributed by atoms with Gasteiger partial charge in [0.2, 0.25) is 0 Å². The minimum absolute atomic E-state index is 0.803. The van der Waals surface area contributed by atoms with Gasteiger partial charge in [-0.15, -0.1) is 0 Å². The fourth-order valence-corrected chi connectivity index (χ4v) is 1.67. The molecule has 0 aromatic carbocycles. The van der Waals surface area contributed by atoms with Crippen LogP contribution in [0.1, 0.15) is 19.3 Å². The van der Waals surface area contributed by atoms with Crippen LogP contribution in [-0.4, -0.2) is 38.3 Å². The van der Waals surface area contributed by atoms with Crippen molar-refractivity contribution in [3.8, 4) is 0 Å². The fraction of sp³-hybridized carbons (Fsp3) is 0.889. The van der Waals surface area contributed by atoms with Crippen molar-refractivity contribution in [1.82, 2.24) is 4.90 Å². The van der Waals surface area contributed by atoms with Crippen molar-refractivity contribution in [2.75, 3.05) is 26.7 Å². The molecule has 0 bridgehead atoms. The van der Waals surface area contributed by atoms with E-state index in [-0.39, 0.29) is 0 Å². The molecule has 64 valence electrons. The van der Waals surface area contributed by atoms with Crippen LogP contribution in [0.3, 0.4) is 0 Å². The van der Waals surface area contributed by atoms with E-state index in [0.717, 1.165) is 12.5 Å². The Morgan fingerprint density at radius 1 is 1.45 bits per heavy atom. The van der Waals surface area contributed by atoms with E-state index < -0.39 is 0 Å². The lowest BCUT2D eigenvalue weighted by molar-refractivity contribution is 0.342. The maximum atomic E-state index is 3.96. The third-order valence-electron chi connectivity index (χ3n) is 2.46. The van der Waals surface area contributed by atoms with Crippen molar-refractivity contribution >= 4 is 6.72 Å². The predicted molar refractivity (Wildman–Crippen MR) is 49.3 cm³/mol. The molecule has 0 aliphatic carbocycles. The molecule has 1 aliphatic heterocycles. The van der Waals surface area contributed by atoms with E-state index in [9.17, 15) is 0 Å². The number of rotatable bonds is 2. The van der Waals surface area contributed by atoms with Crippen LogP contribution >= 0.6 is 0 Å². The van der Waals surface area contributed by atoms with Gasteiger partial charge in [-0.2, -0.15) is 0 Å². The Kier molecular flexibility index (Phi) is 3.57. The quantitative estimate of drug-likeness (QED) is 0.549. The van der Waals surface area contributed by atoms with Gasteiger partial charge in [0.05, 0.1) is 0 Å². The summed E-state index contributed by atoms with van der Waals surface area (Å²) in [7, 11) is 2.20. The summed E-state index contributed by atoms with van der Waals surface area (Å²) in [4.78, 5) is 6.36. The molecular formula is C9H18N2. The Labute approximate surface area is 69.3 Å². The van der Waals surface area contributed by atoms with Crippen molar-refractivity contribution in [1.29, 1.82) is 0 Å². The van der Waals surface area contributed by atoms with Gasteiger partial charge in [-0.1, -0.05) is 0 Å². The molecule has 11 heavy (non-hydrogen) atoms. The summed E-state index contributed by atoms with van der Waals surface area (Å²) in [5.74, 6) is 0.803. The van der Waals surface area contributed by atoms with Gasteiger partial charge in [-0.05, 0) is 52.0 Å². The predicted octanol–water partition coefficient (Wildman–Crippen LogP) is 1.42. The van der Waals surface area contributed by atoms with Crippen LogP contribution in [0.15, 0.2) is 4.99 Å². The minimum Gasteiger partial charge on any atom is -0.306 e. The smallest absolute Gasteiger partial charge is 0.0410 e. The Morgan fingerprint density at radius 2 is 2.27 bits per heavy atom. The van der Waals surface area contributed by atoms with Crippen molar-refractivity contribution < 1.29 is 0 Å². The largest absolute Gasteiger partial charge is 0.306 e. The first-order valence-electron chi connectivity index (χ1n) is 4.44. The zero-order valence-electron chi connectivity index (χ0n) is 7.42. The molecule has 0 spiro atoms. The maximum absolute atomic E-state index is 3.96. The molecule has 0 radical (unpaired) electrons. The van der Waals surface area contributed by atoms with E-state index in [0.29, 0.717) is 0 Å². The lowest BCUT2D eigenvalue weighted by Crippen LogP contribution is -2.19. The van der Waals surface area contributed by atoms with E-state index in [4.69, 9.17) is 0 Å². The highest BCUT2D eigenvalue weighted by Crippen LogP contribution is 2.16. The molecule has 0 N–H and O–H groups in total. The summed E-state index contributed by atoms with van der Waals surface area (Å²) in [6.45, 7) is 7.00. The van der Waals surface area contributed by atoms with Crippen LogP contribution in [0.4, 0.5) is 0 Å². The van der Waals surface area contributed by atoms with Crippen LogP contribution in [-0.2, 0) is 0 Å². The lowest BCUT2D eigenvalue weighted by atomic mass is 10.0. The Bertz CT molecular complexity index is 123. The lowest BCUT2D eigenvalue weighted by Gasteiger charge is -2.12. The van der Waals surface area contributed by atoms with Gasteiger partial charge in [-0.25, -0.2) is 0 Å². The monoisotopic (exact) mass is 154 g/mol. The van der Waals surface area contributed by atoms with E-state index in [1.807, 2.05) is 0 Å². The average molecular weight is 154 g/mol. The van der Waals surface area contributed by atoms with Gasteiger partial charge in [0, 0.05) is 6.54 Å². The zero-order valence-corrected chi connectivity index (χ0v) is 7.42. The number of aliphatic imine (C=N–C) groups is 1. The van der Waals surface area contributed by atoms with Crippen LogP contribution in [0, 0.1) is 5.92 Å². The third-order valence-corrected chi connectivity index (χ3v) is 2.46. The molecule has 1 unspecified atom stereocenters. The summed E-state index contributed by atoms with van der Waals surface area (Å²) >= 11 is 0. The molecule has 0 aromatic rings. The Balaban J connectivity index is 2.27. The number of nitrogens with zero attached hydrogens (tertiary/aromatic N) is 2. The molecule has 1 fully saturated rings. The molecule has 1 heterocycles. The highest BCUT2D eigenvalue weighted by Gasteiger charge is 2.13. The van der Waals surface area contributed by atoms with Gasteiger partial charge >= 0.3 is 0 Å². The molecule has 0 amide bonds. The van der Waals surface area contributed by atoms with Gasteiger partial charge < -0.3 is 9.89 Å². The van der Waals surface area contributed by atoms with Gasteiger partial charge in [0.25, 0.3) is 0 Å². The van der Waals surface area contributed by atoms with Crippen molar-refractivity contribution in [3.05, 3.63) is 0 Å². The summed E-state index contributed by atoms with van der Waals surface area (Å²) < 4.78 is 0. The summed E-state index contributed by atoms with van der Waals surface area (Å²) in [5.41, 5.74) is 0. The molecule has 2 nitrogen and oxygen atoms in total. The molecule has 0 aromatic heterocycles. The Morgan fingerprint density at radius 3 is 3.00 bits per heavy atom. The maximum Gasteiger partial charge on any atom is 0.0410 e. The normalized spacial score (nSPS) is 27.9. The molecule has 1 aliphatic rings. The first kappa shape index (κ1) is 8.72. The van der Waals surface area contributed by atoms with Gasteiger partial charge in [-0.3, -0.25) is 0 Å². The Hall–Kier alpha value is -0.370. The van der Waals surface area contributed by atoms with Gasteiger partial charge in [0.15, 0.2) is 0 Å². The van der Waals surface area contributed by atoms with Crippen LogP contribution in [0.25, 0.3) is 0 Å². The van der Waals surface area contributed by atoms with E-state index >= 15 is 0 Å². The van der Waals surface area contributed by atoms with Crippen molar-refractivity contribution in [2.45, 2.75) is 19.3 Å². The van der Waals surface area contributed by atoms with E-state index in [1.54, 1.807) is 0 Å². The second kappa shape index (κ2) is 4.50. The molecular weight excluding hydrogens is 136 g/mol. The standard InChI is InChI=1S/C9H18N2/c1-10-8-9-4-3-6-11(2)7-5-9/h9H,1,3-8H2,2H3. The third kappa shape index (κ3) is 3.02. The fourth-order valence-electron chi connectivity index (χ4n) is 1.67. The molecule has 1 rings (SSSR count). The van der Waals surface area contributed by atoms with E-state index in [1.165, 1.54) is 32.4 Å². The van der Waals surface area contributed by atoms with Gasteiger partial charge in [0.1, 0.15) is 0 Å². The SMILES string of the molecule is C=NCC1CCCN(C)CC1. The molecule has 1 saturated heterocycles. The van der Waals surface area contributed by atoms with Crippen molar-refractivity contribution in [2.24, 2.45) is 10.9 Å². The first-order valence-corrected chi connectivity index (χ1v) is 4.44. The first-order chi connectivity index (χ1) is 5.33. The van der Waals surface area contributed by atoms with E-state index in [2.05, 4.69) is 23.7 Å². The second-order valence-electron chi connectivity index (χ2n) is 3.51. The highest BCUT2D eigenvalue weighted by atomic mass is 15.1. The average Bonchev–Trinajstić information content (AvgIpc) is 2.17.